The summed E-state index contributed by atoms with van der Waals surface area (Å²) in [6.07, 6.45) is -1.02. The van der Waals surface area contributed by atoms with Crippen molar-refractivity contribution in [3.63, 3.8) is 0 Å². The third kappa shape index (κ3) is 5.29. The number of benzene rings is 2. The van der Waals surface area contributed by atoms with Crippen molar-refractivity contribution < 1.29 is 23.5 Å². The van der Waals surface area contributed by atoms with E-state index in [0.29, 0.717) is 18.0 Å². The van der Waals surface area contributed by atoms with E-state index in [1.54, 1.807) is 24.3 Å². The summed E-state index contributed by atoms with van der Waals surface area (Å²) in [5.41, 5.74) is 0.696. The molecule has 7 heteroatoms. The molecule has 2 aromatic carbocycles. The molecule has 5 nitrogen and oxygen atoms in total. The van der Waals surface area contributed by atoms with E-state index in [0.717, 1.165) is 12.1 Å². The number of ether oxygens (including phenoxy) is 2. The molecule has 0 spiro atoms. The molecule has 2 aromatic rings. The molecule has 132 valence electrons. The average Bonchev–Trinajstić information content (AvgIpc) is 2.56. The average molecular weight is 410 g/mol. The lowest BCUT2D eigenvalue weighted by Gasteiger charge is -2.14. The molecular formula is C18H17BrFNO4. The van der Waals surface area contributed by atoms with E-state index in [1.807, 2.05) is 6.92 Å². The minimum atomic E-state index is -1.02. The molecule has 0 saturated carbocycles. The summed E-state index contributed by atoms with van der Waals surface area (Å²) >= 11 is 3.09. The number of carbonyl (C=O) groups is 2. The standard InChI is InChI=1S/C18H17BrFNO4/c1-3-24-14-7-5-13(6-8-14)21-17(22)11(2)25-18(23)15-9-4-12(20)10-16(15)19/h4-11H,3H2,1-2H3,(H,21,22)/t11-/m0/s1. The molecule has 1 N–H and O–H groups in total. The number of halogens is 2. The van der Waals surface area contributed by atoms with Gasteiger partial charge < -0.3 is 14.8 Å². The van der Waals surface area contributed by atoms with Crippen molar-refractivity contribution in [1.29, 1.82) is 0 Å². The molecular weight excluding hydrogens is 393 g/mol. The SMILES string of the molecule is CCOc1ccc(NC(=O)[C@H](C)OC(=O)c2ccc(F)cc2Br)cc1. The lowest BCUT2D eigenvalue weighted by molar-refractivity contribution is -0.123. The summed E-state index contributed by atoms with van der Waals surface area (Å²) in [6, 6.07) is 10.4. The fourth-order valence-corrected chi connectivity index (χ4v) is 2.49. The Morgan fingerprint density at radius 2 is 1.88 bits per heavy atom. The second kappa shape index (κ2) is 8.62. The monoisotopic (exact) mass is 409 g/mol. The molecule has 0 aliphatic carbocycles. The van der Waals surface area contributed by atoms with E-state index in [1.165, 1.54) is 13.0 Å². The number of hydrogen-bond donors (Lipinski definition) is 1. The van der Waals surface area contributed by atoms with E-state index in [2.05, 4.69) is 21.2 Å². The Morgan fingerprint density at radius 3 is 2.48 bits per heavy atom. The van der Waals surface area contributed by atoms with Gasteiger partial charge in [0.15, 0.2) is 6.10 Å². The summed E-state index contributed by atoms with van der Waals surface area (Å²) in [7, 11) is 0. The van der Waals surface area contributed by atoms with Gasteiger partial charge in [0, 0.05) is 10.2 Å². The molecule has 1 atom stereocenters. The van der Waals surface area contributed by atoms with E-state index >= 15 is 0 Å². The lowest BCUT2D eigenvalue weighted by Crippen LogP contribution is -2.30. The van der Waals surface area contributed by atoms with Crippen LogP contribution in [0.25, 0.3) is 0 Å². The van der Waals surface area contributed by atoms with Gasteiger partial charge in [-0.1, -0.05) is 0 Å². The molecule has 0 heterocycles. The molecule has 0 aliphatic heterocycles. The van der Waals surface area contributed by atoms with Crippen LogP contribution in [0.1, 0.15) is 24.2 Å². The van der Waals surface area contributed by atoms with Crippen molar-refractivity contribution in [2.45, 2.75) is 20.0 Å². The van der Waals surface area contributed by atoms with Crippen LogP contribution >= 0.6 is 15.9 Å². The highest BCUT2D eigenvalue weighted by Crippen LogP contribution is 2.20. The molecule has 0 aliphatic rings. The van der Waals surface area contributed by atoms with Gasteiger partial charge in [-0.25, -0.2) is 9.18 Å². The number of nitrogens with one attached hydrogen (secondary N) is 1. The van der Waals surface area contributed by atoms with Gasteiger partial charge in [-0.2, -0.15) is 0 Å². The zero-order valence-corrected chi connectivity index (χ0v) is 15.3. The Hall–Kier alpha value is -2.41. The van der Waals surface area contributed by atoms with E-state index in [-0.39, 0.29) is 10.0 Å². The molecule has 0 unspecified atom stereocenters. The Labute approximate surface area is 153 Å². The van der Waals surface area contributed by atoms with Gasteiger partial charge in [-0.15, -0.1) is 0 Å². The van der Waals surface area contributed by atoms with Gasteiger partial charge in [-0.3, -0.25) is 4.79 Å². The van der Waals surface area contributed by atoms with Gasteiger partial charge in [0.25, 0.3) is 5.91 Å². The first-order valence-electron chi connectivity index (χ1n) is 7.60. The maximum absolute atomic E-state index is 13.1. The van der Waals surface area contributed by atoms with Crippen LogP contribution in [-0.2, 0) is 9.53 Å². The second-order valence-corrected chi connectivity index (χ2v) is 5.97. The quantitative estimate of drug-likeness (QED) is 0.727. The zero-order valence-electron chi connectivity index (χ0n) is 13.7. The topological polar surface area (TPSA) is 64.6 Å². The van der Waals surface area contributed by atoms with Gasteiger partial charge >= 0.3 is 5.97 Å². The lowest BCUT2D eigenvalue weighted by atomic mass is 10.2. The largest absolute Gasteiger partial charge is 0.494 e. The fraction of sp³-hybridized carbons (Fsp3) is 0.222. The minimum Gasteiger partial charge on any atom is -0.494 e. The molecule has 0 aromatic heterocycles. The van der Waals surface area contributed by atoms with Crippen molar-refractivity contribution >= 4 is 33.5 Å². The highest BCUT2D eigenvalue weighted by atomic mass is 79.9. The second-order valence-electron chi connectivity index (χ2n) is 5.12. The summed E-state index contributed by atoms with van der Waals surface area (Å²) in [4.78, 5) is 24.2. The van der Waals surface area contributed by atoms with E-state index < -0.39 is 23.8 Å². The van der Waals surface area contributed by atoms with Crippen LogP contribution in [0.5, 0.6) is 5.75 Å². The predicted molar refractivity (Wildman–Crippen MR) is 95.2 cm³/mol. The van der Waals surface area contributed by atoms with Crippen LogP contribution in [0, 0.1) is 5.82 Å². The first-order chi connectivity index (χ1) is 11.9. The van der Waals surface area contributed by atoms with Gasteiger partial charge in [-0.05, 0) is 72.2 Å². The number of hydrogen-bond acceptors (Lipinski definition) is 4. The first kappa shape index (κ1) is 18.9. The van der Waals surface area contributed by atoms with Crippen molar-refractivity contribution in [2.24, 2.45) is 0 Å². The van der Waals surface area contributed by atoms with Crippen LogP contribution < -0.4 is 10.1 Å². The van der Waals surface area contributed by atoms with Gasteiger partial charge in [0.2, 0.25) is 0 Å². The highest BCUT2D eigenvalue weighted by molar-refractivity contribution is 9.10. The maximum Gasteiger partial charge on any atom is 0.340 e. The van der Waals surface area contributed by atoms with Crippen LogP contribution in [-0.4, -0.2) is 24.6 Å². The Morgan fingerprint density at radius 1 is 1.20 bits per heavy atom. The van der Waals surface area contributed by atoms with Gasteiger partial charge in [0.1, 0.15) is 11.6 Å². The van der Waals surface area contributed by atoms with Crippen molar-refractivity contribution in [3.8, 4) is 5.75 Å². The van der Waals surface area contributed by atoms with Crippen LogP contribution in [0.4, 0.5) is 10.1 Å². The smallest absolute Gasteiger partial charge is 0.340 e. The highest BCUT2D eigenvalue weighted by Gasteiger charge is 2.20. The van der Waals surface area contributed by atoms with Gasteiger partial charge in [0.05, 0.1) is 12.2 Å². The van der Waals surface area contributed by atoms with Crippen LogP contribution in [0.15, 0.2) is 46.9 Å². The number of esters is 1. The van der Waals surface area contributed by atoms with E-state index in [9.17, 15) is 14.0 Å². The Bertz CT molecular complexity index is 764. The molecule has 0 bridgehead atoms. The normalized spacial score (nSPS) is 11.5. The summed E-state index contributed by atoms with van der Waals surface area (Å²) < 4.78 is 23.8. The molecule has 25 heavy (non-hydrogen) atoms. The Balaban J connectivity index is 1.96. The number of rotatable bonds is 6. The molecule has 0 radical (unpaired) electrons. The van der Waals surface area contributed by atoms with Crippen molar-refractivity contribution in [1.82, 2.24) is 0 Å². The van der Waals surface area contributed by atoms with Crippen LogP contribution in [0.3, 0.4) is 0 Å². The summed E-state index contributed by atoms with van der Waals surface area (Å²) in [5.74, 6) is -0.984. The fourth-order valence-electron chi connectivity index (χ4n) is 1.98. The number of carbonyl (C=O) groups excluding carboxylic acids is 2. The van der Waals surface area contributed by atoms with E-state index in [4.69, 9.17) is 9.47 Å². The maximum atomic E-state index is 13.1. The minimum absolute atomic E-state index is 0.141. The number of amides is 1. The molecule has 0 fully saturated rings. The third-order valence-corrected chi connectivity index (χ3v) is 3.89. The third-order valence-electron chi connectivity index (χ3n) is 3.24. The van der Waals surface area contributed by atoms with Crippen LogP contribution in [0.2, 0.25) is 0 Å². The van der Waals surface area contributed by atoms with Crippen molar-refractivity contribution in [3.05, 3.63) is 58.3 Å². The molecule has 1 amide bonds. The summed E-state index contributed by atoms with van der Waals surface area (Å²) in [5, 5.41) is 2.65. The summed E-state index contributed by atoms with van der Waals surface area (Å²) in [6.45, 7) is 3.89. The predicted octanol–water partition coefficient (Wildman–Crippen LogP) is 4.17. The zero-order chi connectivity index (χ0) is 18.4. The number of anilines is 1. The van der Waals surface area contributed by atoms with Crippen molar-refractivity contribution in [2.75, 3.05) is 11.9 Å². The molecule has 2 rings (SSSR count). The molecule has 0 saturated heterocycles. The Kier molecular flexibility index (Phi) is 6.52. The first-order valence-corrected chi connectivity index (χ1v) is 8.39.